The fraction of sp³-hybridized carbons (Fsp3) is 0.333. The molecule has 0 saturated carbocycles. The molecule has 0 rings (SSSR count). The van der Waals surface area contributed by atoms with E-state index in [1.807, 2.05) is 5.32 Å². The highest BCUT2D eigenvalue weighted by atomic mass is 16.3. The molecule has 1 unspecified atom stereocenters. The Morgan fingerprint density at radius 1 is 2.00 bits per heavy atom. The first-order chi connectivity index (χ1) is 2.77. The average molecular weight is 88.1 g/mol. The molecule has 0 saturated heterocycles. The van der Waals surface area contributed by atoms with E-state index in [4.69, 9.17) is 5.11 Å². The highest BCUT2D eigenvalue weighted by molar-refractivity contribution is 5.46. The van der Waals surface area contributed by atoms with Crippen LogP contribution in [0.4, 0.5) is 0 Å². The molecule has 0 aromatic heterocycles. The molecule has 3 nitrogen and oxygen atoms in total. The van der Waals surface area contributed by atoms with Crippen molar-refractivity contribution in [2.24, 2.45) is 0 Å². The molecule has 3 heteroatoms. The molecule has 0 heterocycles. The van der Waals surface area contributed by atoms with Gasteiger partial charge >= 0.3 is 0 Å². The van der Waals surface area contributed by atoms with E-state index in [1.165, 1.54) is 0 Å². The van der Waals surface area contributed by atoms with Crippen LogP contribution in [0.2, 0.25) is 0 Å². The third-order valence-corrected chi connectivity index (χ3v) is 0.260. The Morgan fingerprint density at radius 2 is 2.50 bits per heavy atom. The van der Waals surface area contributed by atoms with Gasteiger partial charge in [0.2, 0.25) is 6.41 Å². The maximum absolute atomic E-state index is 9.30. The molecular weight excluding hydrogens is 82.0 g/mol. The first-order valence-electron chi connectivity index (χ1n) is 1.48. The minimum absolute atomic E-state index is 0.387. The minimum atomic E-state index is -0.970. The molecular formula is C3H6NO2. The number of hydrogen-bond acceptors (Lipinski definition) is 2. The summed E-state index contributed by atoms with van der Waals surface area (Å²) in [5, 5.41) is 10.1. The van der Waals surface area contributed by atoms with Crippen LogP contribution >= 0.6 is 0 Å². The molecule has 0 aromatic rings. The van der Waals surface area contributed by atoms with Crippen molar-refractivity contribution in [1.82, 2.24) is 5.32 Å². The predicted molar refractivity (Wildman–Crippen MR) is 20.6 cm³/mol. The van der Waals surface area contributed by atoms with Crippen molar-refractivity contribution >= 4 is 6.41 Å². The van der Waals surface area contributed by atoms with E-state index in [0.29, 0.717) is 6.41 Å². The van der Waals surface area contributed by atoms with E-state index in [-0.39, 0.29) is 0 Å². The van der Waals surface area contributed by atoms with E-state index in [0.717, 1.165) is 0 Å². The summed E-state index contributed by atoms with van der Waals surface area (Å²) in [5.74, 6) is 0. The summed E-state index contributed by atoms with van der Waals surface area (Å²) in [6.07, 6.45) is -0.583. The summed E-state index contributed by atoms with van der Waals surface area (Å²) in [5.41, 5.74) is 0. The van der Waals surface area contributed by atoms with Crippen molar-refractivity contribution in [3.8, 4) is 0 Å². The van der Waals surface area contributed by atoms with Crippen molar-refractivity contribution in [2.45, 2.75) is 6.23 Å². The number of aliphatic hydroxyl groups excluding tert-OH is 1. The van der Waals surface area contributed by atoms with Gasteiger partial charge < -0.3 is 10.4 Å². The Balaban J connectivity index is 2.81. The lowest BCUT2D eigenvalue weighted by molar-refractivity contribution is -0.111. The first-order valence-corrected chi connectivity index (χ1v) is 1.48. The Kier molecular flexibility index (Phi) is 2.40. The van der Waals surface area contributed by atoms with Crippen LogP contribution in [-0.4, -0.2) is 17.7 Å². The number of carbonyl (C=O) groups is 1. The third kappa shape index (κ3) is 3.43. The summed E-state index contributed by atoms with van der Waals surface area (Å²) < 4.78 is 0. The van der Waals surface area contributed by atoms with E-state index in [2.05, 4.69) is 6.92 Å². The fourth-order valence-corrected chi connectivity index (χ4v) is 0.0785. The van der Waals surface area contributed by atoms with Crippen LogP contribution in [0.15, 0.2) is 0 Å². The second-order valence-electron chi connectivity index (χ2n) is 0.800. The van der Waals surface area contributed by atoms with Gasteiger partial charge in [0, 0.05) is 0 Å². The molecule has 1 amide bonds. The highest BCUT2D eigenvalue weighted by Gasteiger charge is 1.83. The Labute approximate surface area is 36.0 Å². The number of amides is 1. The van der Waals surface area contributed by atoms with E-state index in [1.54, 1.807) is 0 Å². The summed E-state index contributed by atoms with van der Waals surface area (Å²) in [6.45, 7) is 3.04. The average Bonchev–Trinajstić information content (AvgIpc) is 1.35. The van der Waals surface area contributed by atoms with Gasteiger partial charge in [0.05, 0.1) is 0 Å². The van der Waals surface area contributed by atoms with Crippen molar-refractivity contribution in [2.75, 3.05) is 0 Å². The second kappa shape index (κ2) is 2.66. The molecule has 1 atom stereocenters. The molecule has 0 aliphatic heterocycles. The second-order valence-corrected chi connectivity index (χ2v) is 0.800. The van der Waals surface area contributed by atoms with Gasteiger partial charge in [-0.15, -0.1) is 0 Å². The summed E-state index contributed by atoms with van der Waals surface area (Å²) in [4.78, 5) is 9.30. The van der Waals surface area contributed by atoms with Gasteiger partial charge in [-0.25, -0.2) is 0 Å². The maximum Gasteiger partial charge on any atom is 0.209 e. The minimum Gasteiger partial charge on any atom is -0.374 e. The van der Waals surface area contributed by atoms with Crippen LogP contribution in [0.25, 0.3) is 0 Å². The number of rotatable bonds is 2. The zero-order chi connectivity index (χ0) is 4.99. The molecule has 0 spiro atoms. The van der Waals surface area contributed by atoms with Gasteiger partial charge in [0.15, 0.2) is 0 Å². The normalized spacial score (nSPS) is 13.0. The maximum atomic E-state index is 9.30. The Morgan fingerprint density at radius 3 is 2.50 bits per heavy atom. The third-order valence-electron chi connectivity index (χ3n) is 0.260. The van der Waals surface area contributed by atoms with Crippen molar-refractivity contribution in [1.29, 1.82) is 0 Å². The number of aliphatic hydroxyl groups is 1. The highest BCUT2D eigenvalue weighted by Crippen LogP contribution is 1.59. The number of nitrogens with one attached hydrogen (secondary N) is 1. The van der Waals surface area contributed by atoms with Gasteiger partial charge in [0.1, 0.15) is 6.23 Å². The summed E-state index contributed by atoms with van der Waals surface area (Å²) >= 11 is 0. The fourth-order valence-electron chi connectivity index (χ4n) is 0.0785. The SMILES string of the molecule is [CH2]C(O)NC=O. The number of hydrogen-bond donors (Lipinski definition) is 2. The zero-order valence-corrected chi connectivity index (χ0v) is 3.22. The van der Waals surface area contributed by atoms with Crippen LogP contribution in [0.5, 0.6) is 0 Å². The van der Waals surface area contributed by atoms with Gasteiger partial charge in [-0.2, -0.15) is 0 Å². The predicted octanol–water partition coefficient (Wildman–Crippen LogP) is -1.12. The van der Waals surface area contributed by atoms with Crippen LogP contribution < -0.4 is 5.32 Å². The Hall–Kier alpha value is -0.570. The molecule has 6 heavy (non-hydrogen) atoms. The lowest BCUT2D eigenvalue weighted by Crippen LogP contribution is -2.23. The molecule has 0 aliphatic carbocycles. The first kappa shape index (κ1) is 5.43. The van der Waals surface area contributed by atoms with Gasteiger partial charge in [-0.05, 0) is 6.92 Å². The van der Waals surface area contributed by atoms with E-state index >= 15 is 0 Å². The molecule has 1 radical (unpaired) electrons. The van der Waals surface area contributed by atoms with Crippen molar-refractivity contribution in [3.05, 3.63) is 6.92 Å². The quantitative estimate of drug-likeness (QED) is 0.332. The van der Waals surface area contributed by atoms with Crippen molar-refractivity contribution < 1.29 is 9.90 Å². The monoisotopic (exact) mass is 88.0 g/mol. The van der Waals surface area contributed by atoms with Gasteiger partial charge in [-0.1, -0.05) is 0 Å². The van der Waals surface area contributed by atoms with Crippen LogP contribution in [0.1, 0.15) is 0 Å². The molecule has 0 fully saturated rings. The van der Waals surface area contributed by atoms with E-state index in [9.17, 15) is 4.79 Å². The molecule has 0 aliphatic rings. The largest absolute Gasteiger partial charge is 0.374 e. The standard InChI is InChI=1S/C3H6NO2/c1-3(6)4-2-5/h2-3,6H,1H2,(H,4,5). The number of carbonyl (C=O) groups excluding carboxylic acids is 1. The molecule has 2 N–H and O–H groups in total. The lowest BCUT2D eigenvalue weighted by Gasteiger charge is -1.95. The van der Waals surface area contributed by atoms with Crippen LogP contribution in [-0.2, 0) is 4.79 Å². The smallest absolute Gasteiger partial charge is 0.209 e. The molecule has 0 aromatic carbocycles. The summed E-state index contributed by atoms with van der Waals surface area (Å²) in [7, 11) is 0. The lowest BCUT2D eigenvalue weighted by atomic mass is 10.7. The Bertz CT molecular complexity index is 44.1. The topological polar surface area (TPSA) is 49.3 Å². The molecule has 35 valence electrons. The van der Waals surface area contributed by atoms with Gasteiger partial charge in [0.25, 0.3) is 0 Å². The van der Waals surface area contributed by atoms with Crippen LogP contribution in [0, 0.1) is 6.92 Å². The van der Waals surface area contributed by atoms with Gasteiger partial charge in [-0.3, -0.25) is 4.79 Å². The van der Waals surface area contributed by atoms with Crippen LogP contribution in [0.3, 0.4) is 0 Å². The van der Waals surface area contributed by atoms with Crippen molar-refractivity contribution in [3.63, 3.8) is 0 Å². The zero-order valence-electron chi connectivity index (χ0n) is 3.22. The van der Waals surface area contributed by atoms with E-state index < -0.39 is 6.23 Å². The molecule has 0 bridgehead atoms. The summed E-state index contributed by atoms with van der Waals surface area (Å²) in [6, 6.07) is 0.